The molecule has 1 amide bonds. The zero-order valence-electron chi connectivity index (χ0n) is 13.7. The summed E-state index contributed by atoms with van der Waals surface area (Å²) in [6, 6.07) is 7.72. The van der Waals surface area contributed by atoms with Gasteiger partial charge in [0.15, 0.2) is 5.78 Å². The molecule has 1 aromatic carbocycles. The average molecular weight is 302 g/mol. The number of carbonyl (C=O) groups is 2. The molecule has 22 heavy (non-hydrogen) atoms. The number of aryl methyl sites for hydroxylation is 1. The number of ketones is 1. The smallest absolute Gasteiger partial charge is 0.222 e. The van der Waals surface area contributed by atoms with Crippen molar-refractivity contribution in [3.05, 3.63) is 35.4 Å². The summed E-state index contributed by atoms with van der Waals surface area (Å²) in [6.45, 7) is 7.61. The first-order valence-electron chi connectivity index (χ1n) is 8.20. The average Bonchev–Trinajstić information content (AvgIpc) is 2.54. The van der Waals surface area contributed by atoms with Gasteiger partial charge in [-0.15, -0.1) is 0 Å². The van der Waals surface area contributed by atoms with E-state index in [2.05, 4.69) is 11.8 Å². The maximum Gasteiger partial charge on any atom is 0.222 e. The van der Waals surface area contributed by atoms with Crippen LogP contribution in [-0.4, -0.2) is 54.2 Å². The first kappa shape index (κ1) is 16.7. The highest BCUT2D eigenvalue weighted by atomic mass is 16.2. The van der Waals surface area contributed by atoms with Gasteiger partial charge in [0.1, 0.15) is 0 Å². The SMILES string of the molecule is CCCCC(=O)N1CCN(CC(=O)c2ccc(C)cc2)CC1. The van der Waals surface area contributed by atoms with E-state index < -0.39 is 0 Å². The number of carbonyl (C=O) groups excluding carboxylic acids is 2. The van der Waals surface area contributed by atoms with Crippen molar-refractivity contribution in [2.75, 3.05) is 32.7 Å². The predicted molar refractivity (Wildman–Crippen MR) is 88.1 cm³/mol. The second-order valence-corrected chi connectivity index (χ2v) is 6.05. The maximum absolute atomic E-state index is 12.3. The Morgan fingerprint density at radius 1 is 1.05 bits per heavy atom. The Hall–Kier alpha value is -1.68. The van der Waals surface area contributed by atoms with Crippen LogP contribution in [0.2, 0.25) is 0 Å². The first-order chi connectivity index (χ1) is 10.6. The zero-order valence-corrected chi connectivity index (χ0v) is 13.7. The predicted octanol–water partition coefficient (Wildman–Crippen LogP) is 2.51. The number of benzene rings is 1. The lowest BCUT2D eigenvalue weighted by molar-refractivity contribution is -0.132. The Labute approximate surface area is 133 Å². The van der Waals surface area contributed by atoms with Crippen molar-refractivity contribution < 1.29 is 9.59 Å². The number of hydrogen-bond acceptors (Lipinski definition) is 3. The molecule has 4 nitrogen and oxygen atoms in total. The van der Waals surface area contributed by atoms with Crippen molar-refractivity contribution in [2.45, 2.75) is 33.1 Å². The number of Topliss-reactive ketones (excluding diaryl/α,β-unsaturated/α-hetero) is 1. The Bertz CT molecular complexity index is 502. The van der Waals surface area contributed by atoms with Crippen molar-refractivity contribution >= 4 is 11.7 Å². The molecule has 0 unspecified atom stereocenters. The van der Waals surface area contributed by atoms with Crippen molar-refractivity contribution in [1.29, 1.82) is 0 Å². The van der Waals surface area contributed by atoms with Gasteiger partial charge in [-0.2, -0.15) is 0 Å². The largest absolute Gasteiger partial charge is 0.340 e. The maximum atomic E-state index is 12.3. The van der Waals surface area contributed by atoms with Crippen LogP contribution in [0.1, 0.15) is 42.1 Å². The monoisotopic (exact) mass is 302 g/mol. The van der Waals surface area contributed by atoms with Gasteiger partial charge in [-0.1, -0.05) is 43.2 Å². The third-order valence-corrected chi connectivity index (χ3v) is 4.21. The molecule has 1 aliphatic rings. The molecule has 0 radical (unpaired) electrons. The van der Waals surface area contributed by atoms with Crippen LogP contribution in [0.3, 0.4) is 0 Å². The summed E-state index contributed by atoms with van der Waals surface area (Å²) in [5, 5.41) is 0. The van der Waals surface area contributed by atoms with Crippen LogP contribution < -0.4 is 0 Å². The molecule has 1 aliphatic heterocycles. The van der Waals surface area contributed by atoms with Gasteiger partial charge in [-0.05, 0) is 13.3 Å². The van der Waals surface area contributed by atoms with Gasteiger partial charge in [0.25, 0.3) is 0 Å². The summed E-state index contributed by atoms with van der Waals surface area (Å²) in [5.74, 6) is 0.414. The third kappa shape index (κ3) is 4.67. The van der Waals surface area contributed by atoms with E-state index in [1.807, 2.05) is 36.1 Å². The highest BCUT2D eigenvalue weighted by Gasteiger charge is 2.22. The van der Waals surface area contributed by atoms with Crippen LogP contribution in [0, 0.1) is 6.92 Å². The molecule has 2 rings (SSSR count). The lowest BCUT2D eigenvalue weighted by Crippen LogP contribution is -2.49. The minimum atomic E-state index is 0.158. The highest BCUT2D eigenvalue weighted by molar-refractivity contribution is 5.97. The summed E-state index contributed by atoms with van der Waals surface area (Å²) in [5.41, 5.74) is 1.93. The third-order valence-electron chi connectivity index (χ3n) is 4.21. The van der Waals surface area contributed by atoms with Crippen molar-refractivity contribution in [1.82, 2.24) is 9.80 Å². The molecule has 0 spiro atoms. The van der Waals surface area contributed by atoms with Crippen LogP contribution in [0.5, 0.6) is 0 Å². The summed E-state index contributed by atoms with van der Waals surface area (Å²) < 4.78 is 0. The van der Waals surface area contributed by atoms with Gasteiger partial charge in [-0.3, -0.25) is 14.5 Å². The molecule has 0 saturated carbocycles. The van der Waals surface area contributed by atoms with E-state index in [-0.39, 0.29) is 11.7 Å². The van der Waals surface area contributed by atoms with Crippen molar-refractivity contribution in [3.63, 3.8) is 0 Å². The van der Waals surface area contributed by atoms with E-state index in [0.29, 0.717) is 13.0 Å². The summed E-state index contributed by atoms with van der Waals surface area (Å²) in [6.07, 6.45) is 2.67. The van der Waals surface area contributed by atoms with Gasteiger partial charge in [-0.25, -0.2) is 0 Å². The molecule has 0 atom stereocenters. The van der Waals surface area contributed by atoms with E-state index in [1.54, 1.807) is 0 Å². The van der Waals surface area contributed by atoms with E-state index in [4.69, 9.17) is 0 Å². The molecule has 1 saturated heterocycles. The van der Waals surface area contributed by atoms with Crippen LogP contribution in [0.4, 0.5) is 0 Å². The Morgan fingerprint density at radius 2 is 1.68 bits per heavy atom. The number of nitrogens with zero attached hydrogens (tertiary/aromatic N) is 2. The first-order valence-corrected chi connectivity index (χ1v) is 8.20. The van der Waals surface area contributed by atoms with E-state index in [0.717, 1.165) is 50.1 Å². The van der Waals surface area contributed by atoms with Crippen LogP contribution in [0.15, 0.2) is 24.3 Å². The molecule has 0 bridgehead atoms. The lowest BCUT2D eigenvalue weighted by Gasteiger charge is -2.34. The fourth-order valence-corrected chi connectivity index (χ4v) is 2.68. The normalized spacial score (nSPS) is 15.8. The second-order valence-electron chi connectivity index (χ2n) is 6.05. The lowest BCUT2D eigenvalue weighted by atomic mass is 10.1. The Morgan fingerprint density at radius 3 is 2.27 bits per heavy atom. The van der Waals surface area contributed by atoms with Gasteiger partial charge in [0, 0.05) is 38.2 Å². The second kappa shape index (κ2) is 8.08. The van der Waals surface area contributed by atoms with Crippen LogP contribution >= 0.6 is 0 Å². The van der Waals surface area contributed by atoms with Crippen LogP contribution in [-0.2, 0) is 4.79 Å². The standard InChI is InChI=1S/C18H26N2O2/c1-3-4-5-18(22)20-12-10-19(11-13-20)14-17(21)16-8-6-15(2)7-9-16/h6-9H,3-5,10-14H2,1-2H3. The quantitative estimate of drug-likeness (QED) is 0.758. The number of amides is 1. The highest BCUT2D eigenvalue weighted by Crippen LogP contribution is 2.09. The van der Waals surface area contributed by atoms with Gasteiger partial charge < -0.3 is 4.90 Å². The molecular formula is C18H26N2O2. The Kier molecular flexibility index (Phi) is 6.13. The molecule has 120 valence electrons. The molecular weight excluding hydrogens is 276 g/mol. The van der Waals surface area contributed by atoms with Crippen molar-refractivity contribution in [2.24, 2.45) is 0 Å². The Balaban J connectivity index is 1.78. The molecule has 1 fully saturated rings. The molecule has 0 aliphatic carbocycles. The molecule has 1 heterocycles. The molecule has 0 N–H and O–H groups in total. The minimum absolute atomic E-state index is 0.158. The van der Waals surface area contributed by atoms with E-state index in [1.165, 1.54) is 0 Å². The van der Waals surface area contributed by atoms with Crippen LogP contribution in [0.25, 0.3) is 0 Å². The zero-order chi connectivity index (χ0) is 15.9. The van der Waals surface area contributed by atoms with Crippen molar-refractivity contribution in [3.8, 4) is 0 Å². The summed E-state index contributed by atoms with van der Waals surface area (Å²) in [4.78, 5) is 28.3. The fourth-order valence-electron chi connectivity index (χ4n) is 2.68. The molecule has 1 aromatic rings. The van der Waals surface area contributed by atoms with E-state index in [9.17, 15) is 9.59 Å². The minimum Gasteiger partial charge on any atom is -0.340 e. The van der Waals surface area contributed by atoms with Gasteiger partial charge in [0.05, 0.1) is 6.54 Å². The molecule has 4 heteroatoms. The van der Waals surface area contributed by atoms with E-state index >= 15 is 0 Å². The fraction of sp³-hybridized carbons (Fsp3) is 0.556. The number of hydrogen-bond donors (Lipinski definition) is 0. The molecule has 0 aromatic heterocycles. The summed E-state index contributed by atoms with van der Waals surface area (Å²) >= 11 is 0. The number of rotatable bonds is 6. The number of piperazine rings is 1. The van der Waals surface area contributed by atoms with Gasteiger partial charge >= 0.3 is 0 Å². The topological polar surface area (TPSA) is 40.6 Å². The summed E-state index contributed by atoms with van der Waals surface area (Å²) in [7, 11) is 0. The van der Waals surface area contributed by atoms with Gasteiger partial charge in [0.2, 0.25) is 5.91 Å². The number of unbranched alkanes of at least 4 members (excludes halogenated alkanes) is 1.